The van der Waals surface area contributed by atoms with Crippen molar-refractivity contribution in [3.05, 3.63) is 0 Å². The smallest absolute Gasteiger partial charge is 0.0465 e. The first-order valence-electron chi connectivity index (χ1n) is 5.88. The van der Waals surface area contributed by atoms with Gasteiger partial charge >= 0.3 is 0 Å². The third kappa shape index (κ3) is 4.43. The van der Waals surface area contributed by atoms with Gasteiger partial charge in [-0.3, -0.25) is 0 Å². The lowest BCUT2D eigenvalue weighted by molar-refractivity contribution is 0.148. The van der Waals surface area contributed by atoms with E-state index in [1.54, 1.807) is 7.11 Å². The largest absolute Gasteiger partial charge is 0.385 e. The summed E-state index contributed by atoms with van der Waals surface area (Å²) in [5.74, 6) is 0.555. The molecule has 14 heavy (non-hydrogen) atoms. The Balaban J connectivity index is 4.05. The van der Waals surface area contributed by atoms with E-state index < -0.39 is 0 Å². The van der Waals surface area contributed by atoms with Crippen LogP contribution in [-0.4, -0.2) is 19.3 Å². The molecule has 0 aliphatic heterocycles. The van der Waals surface area contributed by atoms with E-state index in [0.717, 1.165) is 25.9 Å². The Bertz CT molecular complexity index is 138. The van der Waals surface area contributed by atoms with Crippen LogP contribution in [0.1, 0.15) is 52.9 Å². The van der Waals surface area contributed by atoms with Gasteiger partial charge in [0, 0.05) is 19.3 Å². The molecule has 0 rings (SSSR count). The molecule has 0 aromatic rings. The number of hydrogen-bond donors (Lipinski definition) is 1. The van der Waals surface area contributed by atoms with Crippen molar-refractivity contribution in [2.75, 3.05) is 13.7 Å². The highest BCUT2D eigenvalue weighted by Crippen LogP contribution is 2.27. The van der Waals surface area contributed by atoms with Gasteiger partial charge in [-0.05, 0) is 25.2 Å². The van der Waals surface area contributed by atoms with Crippen LogP contribution in [0.3, 0.4) is 0 Å². The topological polar surface area (TPSA) is 35.2 Å². The molecule has 2 nitrogen and oxygen atoms in total. The van der Waals surface area contributed by atoms with Gasteiger partial charge in [-0.25, -0.2) is 0 Å². The Morgan fingerprint density at radius 3 is 2.43 bits per heavy atom. The van der Waals surface area contributed by atoms with Crippen LogP contribution in [0, 0.1) is 5.92 Å². The van der Waals surface area contributed by atoms with E-state index >= 15 is 0 Å². The summed E-state index contributed by atoms with van der Waals surface area (Å²) in [5.41, 5.74) is 6.43. The van der Waals surface area contributed by atoms with Crippen LogP contribution in [0.15, 0.2) is 0 Å². The maximum atomic E-state index is 6.41. The fraction of sp³-hybridized carbons (Fsp3) is 1.00. The molecule has 2 unspecified atom stereocenters. The average molecular weight is 201 g/mol. The fourth-order valence-corrected chi connectivity index (χ4v) is 1.86. The predicted octanol–water partition coefficient (Wildman–Crippen LogP) is 2.96. The summed E-state index contributed by atoms with van der Waals surface area (Å²) in [5, 5.41) is 0. The van der Waals surface area contributed by atoms with Gasteiger partial charge in [-0.2, -0.15) is 0 Å². The van der Waals surface area contributed by atoms with Gasteiger partial charge in [0.15, 0.2) is 0 Å². The summed E-state index contributed by atoms with van der Waals surface area (Å²) >= 11 is 0. The summed E-state index contributed by atoms with van der Waals surface area (Å²) in [6.45, 7) is 7.49. The zero-order valence-electron chi connectivity index (χ0n) is 10.3. The third-order valence-electron chi connectivity index (χ3n) is 3.39. The number of ether oxygens (including phenoxy) is 1. The molecular formula is C12H27NO. The van der Waals surface area contributed by atoms with Gasteiger partial charge in [0.05, 0.1) is 0 Å². The molecule has 0 saturated carbocycles. The first-order valence-corrected chi connectivity index (χ1v) is 5.88. The first-order chi connectivity index (χ1) is 6.60. The number of rotatable bonds is 8. The van der Waals surface area contributed by atoms with Gasteiger partial charge < -0.3 is 10.5 Å². The lowest BCUT2D eigenvalue weighted by Crippen LogP contribution is -2.45. The number of hydrogen-bond acceptors (Lipinski definition) is 2. The molecule has 2 atom stereocenters. The maximum absolute atomic E-state index is 6.41. The zero-order chi connectivity index (χ0) is 11.0. The van der Waals surface area contributed by atoms with Crippen molar-refractivity contribution in [1.82, 2.24) is 0 Å². The minimum absolute atomic E-state index is 0.0224. The van der Waals surface area contributed by atoms with Crippen molar-refractivity contribution in [2.45, 2.75) is 58.4 Å². The maximum Gasteiger partial charge on any atom is 0.0465 e. The molecule has 2 heteroatoms. The van der Waals surface area contributed by atoms with Crippen molar-refractivity contribution in [3.8, 4) is 0 Å². The molecule has 2 N–H and O–H groups in total. The molecule has 0 aromatic carbocycles. The number of nitrogens with two attached hydrogens (primary N) is 1. The second-order valence-electron chi connectivity index (χ2n) is 4.37. The Morgan fingerprint density at radius 2 is 2.00 bits per heavy atom. The lowest BCUT2D eigenvalue weighted by atomic mass is 9.78. The van der Waals surface area contributed by atoms with Crippen LogP contribution in [-0.2, 0) is 4.74 Å². The lowest BCUT2D eigenvalue weighted by Gasteiger charge is -2.35. The molecule has 0 saturated heterocycles. The van der Waals surface area contributed by atoms with E-state index in [1.807, 2.05) is 0 Å². The van der Waals surface area contributed by atoms with Gasteiger partial charge in [-0.1, -0.05) is 33.6 Å². The SMILES string of the molecule is CCCCC(N)(CC)C(C)CCOC. The van der Waals surface area contributed by atoms with Crippen LogP contribution >= 0.6 is 0 Å². The van der Waals surface area contributed by atoms with Crippen molar-refractivity contribution >= 4 is 0 Å². The minimum Gasteiger partial charge on any atom is -0.385 e. The third-order valence-corrected chi connectivity index (χ3v) is 3.39. The van der Waals surface area contributed by atoms with Crippen molar-refractivity contribution in [3.63, 3.8) is 0 Å². The molecule has 0 amide bonds. The van der Waals surface area contributed by atoms with E-state index in [9.17, 15) is 0 Å². The molecule has 86 valence electrons. The van der Waals surface area contributed by atoms with Gasteiger partial charge in [0.25, 0.3) is 0 Å². The summed E-state index contributed by atoms with van der Waals surface area (Å²) in [7, 11) is 1.75. The van der Waals surface area contributed by atoms with Crippen molar-refractivity contribution in [2.24, 2.45) is 11.7 Å². The van der Waals surface area contributed by atoms with E-state index in [-0.39, 0.29) is 5.54 Å². The Labute approximate surface area is 89.2 Å². The van der Waals surface area contributed by atoms with Crippen LogP contribution in [0.25, 0.3) is 0 Å². The summed E-state index contributed by atoms with van der Waals surface area (Å²) < 4.78 is 5.10. The van der Waals surface area contributed by atoms with Crippen LogP contribution < -0.4 is 5.73 Å². The van der Waals surface area contributed by atoms with Gasteiger partial charge in [0.2, 0.25) is 0 Å². The highest BCUT2D eigenvalue weighted by Gasteiger charge is 2.28. The monoisotopic (exact) mass is 201 g/mol. The zero-order valence-corrected chi connectivity index (χ0v) is 10.3. The molecule has 0 radical (unpaired) electrons. The number of unbranched alkanes of at least 4 members (excludes halogenated alkanes) is 1. The molecule has 0 aliphatic rings. The van der Waals surface area contributed by atoms with E-state index in [0.29, 0.717) is 5.92 Å². The normalized spacial score (nSPS) is 17.8. The Morgan fingerprint density at radius 1 is 1.36 bits per heavy atom. The molecule has 0 fully saturated rings. The predicted molar refractivity (Wildman–Crippen MR) is 62.4 cm³/mol. The quantitative estimate of drug-likeness (QED) is 0.655. The van der Waals surface area contributed by atoms with Crippen LogP contribution in [0.5, 0.6) is 0 Å². The fourth-order valence-electron chi connectivity index (χ4n) is 1.86. The Kier molecular flexibility index (Phi) is 7.20. The molecule has 0 aliphatic carbocycles. The number of methoxy groups -OCH3 is 1. The highest BCUT2D eigenvalue weighted by molar-refractivity contribution is 4.87. The van der Waals surface area contributed by atoms with Crippen molar-refractivity contribution < 1.29 is 4.74 Å². The minimum atomic E-state index is 0.0224. The molecule has 0 heterocycles. The van der Waals surface area contributed by atoms with E-state index in [4.69, 9.17) is 10.5 Å². The standard InChI is InChI=1S/C12H27NO/c1-5-7-9-12(13,6-2)11(3)8-10-14-4/h11H,5-10,13H2,1-4H3. The van der Waals surface area contributed by atoms with E-state index in [1.165, 1.54) is 12.8 Å². The molecule has 0 aromatic heterocycles. The first kappa shape index (κ1) is 13.9. The van der Waals surface area contributed by atoms with Crippen molar-refractivity contribution in [1.29, 1.82) is 0 Å². The summed E-state index contributed by atoms with van der Waals surface area (Å²) in [6, 6.07) is 0. The second-order valence-corrected chi connectivity index (χ2v) is 4.37. The molecular weight excluding hydrogens is 174 g/mol. The summed E-state index contributed by atoms with van der Waals surface area (Å²) in [4.78, 5) is 0. The van der Waals surface area contributed by atoms with Crippen LogP contribution in [0.4, 0.5) is 0 Å². The summed E-state index contributed by atoms with van der Waals surface area (Å²) in [6.07, 6.45) is 5.75. The van der Waals surface area contributed by atoms with Crippen LogP contribution in [0.2, 0.25) is 0 Å². The molecule has 0 bridgehead atoms. The van der Waals surface area contributed by atoms with E-state index in [2.05, 4.69) is 20.8 Å². The molecule has 0 spiro atoms. The second kappa shape index (κ2) is 7.24. The van der Waals surface area contributed by atoms with Gasteiger partial charge in [-0.15, -0.1) is 0 Å². The Hall–Kier alpha value is -0.0800. The average Bonchev–Trinajstić information content (AvgIpc) is 2.22. The van der Waals surface area contributed by atoms with Gasteiger partial charge in [0.1, 0.15) is 0 Å². The highest BCUT2D eigenvalue weighted by atomic mass is 16.5.